The number of hydrogen-bond acceptors (Lipinski definition) is 3. The Kier molecular flexibility index (Phi) is 5.63. The van der Waals surface area contributed by atoms with E-state index in [4.69, 9.17) is 4.74 Å². The van der Waals surface area contributed by atoms with Crippen molar-refractivity contribution in [3.05, 3.63) is 0 Å². The lowest BCUT2D eigenvalue weighted by Crippen LogP contribution is -2.37. The number of ether oxygens (including phenoxy) is 1. The van der Waals surface area contributed by atoms with Crippen molar-refractivity contribution in [1.82, 2.24) is 10.2 Å². The van der Waals surface area contributed by atoms with Crippen LogP contribution in [0.4, 0.5) is 0 Å². The van der Waals surface area contributed by atoms with E-state index in [1.807, 2.05) is 4.90 Å². The van der Waals surface area contributed by atoms with Crippen LogP contribution < -0.4 is 5.32 Å². The second kappa shape index (κ2) is 7.48. The lowest BCUT2D eigenvalue weighted by atomic mass is 10.2. The van der Waals surface area contributed by atoms with Crippen molar-refractivity contribution in [2.75, 3.05) is 26.2 Å². The normalized spacial score (nSPS) is 24.3. The highest BCUT2D eigenvalue weighted by Crippen LogP contribution is 2.12. The van der Waals surface area contributed by atoms with Crippen molar-refractivity contribution < 1.29 is 14.3 Å². The van der Waals surface area contributed by atoms with E-state index >= 15 is 0 Å². The fraction of sp³-hybridized carbons (Fsp3) is 0.857. The molecule has 108 valence electrons. The summed E-state index contributed by atoms with van der Waals surface area (Å²) in [6.07, 6.45) is 6.33. The fourth-order valence-corrected chi connectivity index (χ4v) is 2.65. The van der Waals surface area contributed by atoms with Gasteiger partial charge in [-0.2, -0.15) is 0 Å². The van der Waals surface area contributed by atoms with Crippen LogP contribution >= 0.6 is 0 Å². The standard InChI is InChI=1S/C14H24N2O3/c17-13-7-2-1-3-9-16(13)10-5-8-15-14(18)12-6-4-11-19-12/h12H,1-11H2,(H,15,18). The molecule has 2 rings (SSSR count). The van der Waals surface area contributed by atoms with Gasteiger partial charge >= 0.3 is 0 Å². The molecular formula is C14H24N2O3. The summed E-state index contributed by atoms with van der Waals surface area (Å²) < 4.78 is 5.32. The molecule has 1 unspecified atom stereocenters. The van der Waals surface area contributed by atoms with Gasteiger partial charge in [-0.05, 0) is 32.1 Å². The number of amides is 2. The zero-order valence-electron chi connectivity index (χ0n) is 11.5. The van der Waals surface area contributed by atoms with Crippen molar-refractivity contribution in [1.29, 1.82) is 0 Å². The number of rotatable bonds is 5. The van der Waals surface area contributed by atoms with Gasteiger partial charge in [-0.3, -0.25) is 9.59 Å². The van der Waals surface area contributed by atoms with Crippen molar-refractivity contribution >= 4 is 11.8 Å². The minimum atomic E-state index is -0.250. The Bertz CT molecular complexity index is 314. The van der Waals surface area contributed by atoms with Gasteiger partial charge in [0.2, 0.25) is 11.8 Å². The summed E-state index contributed by atoms with van der Waals surface area (Å²) in [6.45, 7) is 2.95. The molecule has 19 heavy (non-hydrogen) atoms. The van der Waals surface area contributed by atoms with Crippen LogP contribution in [0.5, 0.6) is 0 Å². The molecular weight excluding hydrogens is 244 g/mol. The predicted molar refractivity (Wildman–Crippen MR) is 71.6 cm³/mol. The molecule has 2 fully saturated rings. The molecule has 0 spiro atoms. The van der Waals surface area contributed by atoms with Crippen molar-refractivity contribution in [3.63, 3.8) is 0 Å². The topological polar surface area (TPSA) is 58.6 Å². The summed E-state index contributed by atoms with van der Waals surface area (Å²) in [5.74, 6) is 0.266. The third-order valence-corrected chi connectivity index (χ3v) is 3.80. The van der Waals surface area contributed by atoms with E-state index in [0.29, 0.717) is 19.6 Å². The molecule has 2 heterocycles. The molecule has 0 aromatic heterocycles. The SMILES string of the molecule is O=C(NCCCN1CCCCCC1=O)C1CCCO1. The van der Waals surface area contributed by atoms with E-state index < -0.39 is 0 Å². The highest BCUT2D eigenvalue weighted by molar-refractivity contribution is 5.80. The molecule has 0 aromatic carbocycles. The maximum atomic E-state index is 11.8. The molecule has 5 nitrogen and oxygen atoms in total. The Balaban J connectivity index is 1.60. The lowest BCUT2D eigenvalue weighted by molar-refractivity contribution is -0.130. The average molecular weight is 268 g/mol. The minimum absolute atomic E-state index is 0.000284. The summed E-state index contributed by atoms with van der Waals surface area (Å²) in [5, 5.41) is 2.89. The second-order valence-electron chi connectivity index (χ2n) is 5.34. The maximum Gasteiger partial charge on any atom is 0.249 e. The summed E-state index contributed by atoms with van der Waals surface area (Å²) in [4.78, 5) is 25.4. The van der Waals surface area contributed by atoms with E-state index in [2.05, 4.69) is 5.32 Å². The first-order valence-electron chi connectivity index (χ1n) is 7.44. The van der Waals surface area contributed by atoms with Crippen LogP contribution in [0.25, 0.3) is 0 Å². The number of hydrogen-bond donors (Lipinski definition) is 1. The van der Waals surface area contributed by atoms with Crippen LogP contribution in [0.15, 0.2) is 0 Å². The highest BCUT2D eigenvalue weighted by atomic mass is 16.5. The zero-order chi connectivity index (χ0) is 13.5. The number of carbonyl (C=O) groups excluding carboxylic acids is 2. The third kappa shape index (κ3) is 4.49. The average Bonchev–Trinajstić information content (AvgIpc) is 2.87. The largest absolute Gasteiger partial charge is 0.368 e. The van der Waals surface area contributed by atoms with Crippen LogP contribution in [0.3, 0.4) is 0 Å². The minimum Gasteiger partial charge on any atom is -0.368 e. The Morgan fingerprint density at radius 3 is 3.00 bits per heavy atom. The van der Waals surface area contributed by atoms with Gasteiger partial charge in [-0.25, -0.2) is 0 Å². The summed E-state index contributed by atoms with van der Waals surface area (Å²) in [6, 6.07) is 0. The fourth-order valence-electron chi connectivity index (χ4n) is 2.65. The van der Waals surface area contributed by atoms with E-state index in [9.17, 15) is 9.59 Å². The molecule has 0 aromatic rings. The van der Waals surface area contributed by atoms with Crippen molar-refractivity contribution in [2.24, 2.45) is 0 Å². The van der Waals surface area contributed by atoms with Crippen molar-refractivity contribution in [2.45, 2.75) is 51.0 Å². The Hall–Kier alpha value is -1.10. The number of nitrogens with one attached hydrogen (secondary N) is 1. The van der Waals surface area contributed by atoms with Crippen LogP contribution in [-0.2, 0) is 14.3 Å². The van der Waals surface area contributed by atoms with Crippen LogP contribution in [0, 0.1) is 0 Å². The lowest BCUT2D eigenvalue weighted by Gasteiger charge is -2.20. The molecule has 0 bridgehead atoms. The summed E-state index contributed by atoms with van der Waals surface area (Å²) >= 11 is 0. The molecule has 2 aliphatic rings. The molecule has 2 aliphatic heterocycles. The summed E-state index contributed by atoms with van der Waals surface area (Å²) in [7, 11) is 0. The molecule has 0 saturated carbocycles. The molecule has 1 atom stereocenters. The van der Waals surface area contributed by atoms with Gasteiger partial charge in [-0.1, -0.05) is 6.42 Å². The van der Waals surface area contributed by atoms with Crippen molar-refractivity contribution in [3.8, 4) is 0 Å². The second-order valence-corrected chi connectivity index (χ2v) is 5.34. The van der Waals surface area contributed by atoms with Gasteiger partial charge in [0.25, 0.3) is 0 Å². The van der Waals surface area contributed by atoms with Crippen LogP contribution in [0.2, 0.25) is 0 Å². The van der Waals surface area contributed by atoms with E-state index in [-0.39, 0.29) is 17.9 Å². The highest BCUT2D eigenvalue weighted by Gasteiger charge is 2.23. The Morgan fingerprint density at radius 1 is 1.32 bits per heavy atom. The first-order valence-corrected chi connectivity index (χ1v) is 7.44. The van der Waals surface area contributed by atoms with E-state index in [0.717, 1.165) is 51.6 Å². The predicted octanol–water partition coefficient (Wildman–Crippen LogP) is 1.07. The van der Waals surface area contributed by atoms with Crippen LogP contribution in [-0.4, -0.2) is 49.1 Å². The Labute approximate surface area is 114 Å². The number of likely N-dealkylation sites (tertiary alicyclic amines) is 1. The summed E-state index contributed by atoms with van der Waals surface area (Å²) in [5.41, 5.74) is 0. The molecule has 2 amide bonds. The Morgan fingerprint density at radius 2 is 2.21 bits per heavy atom. The third-order valence-electron chi connectivity index (χ3n) is 3.80. The number of carbonyl (C=O) groups is 2. The van der Waals surface area contributed by atoms with Crippen LogP contribution in [0.1, 0.15) is 44.9 Å². The molecule has 2 saturated heterocycles. The molecule has 1 N–H and O–H groups in total. The van der Waals surface area contributed by atoms with Gasteiger partial charge < -0.3 is 15.0 Å². The quantitative estimate of drug-likeness (QED) is 0.759. The van der Waals surface area contributed by atoms with Gasteiger partial charge in [0.15, 0.2) is 0 Å². The van der Waals surface area contributed by atoms with E-state index in [1.54, 1.807) is 0 Å². The smallest absolute Gasteiger partial charge is 0.249 e. The number of nitrogens with zero attached hydrogens (tertiary/aromatic N) is 1. The molecule has 0 aliphatic carbocycles. The molecule has 0 radical (unpaired) electrons. The van der Waals surface area contributed by atoms with E-state index in [1.165, 1.54) is 0 Å². The van der Waals surface area contributed by atoms with Gasteiger partial charge in [0.1, 0.15) is 6.10 Å². The first kappa shape index (κ1) is 14.3. The van der Waals surface area contributed by atoms with Gasteiger partial charge in [-0.15, -0.1) is 0 Å². The van der Waals surface area contributed by atoms with Gasteiger partial charge in [0, 0.05) is 32.7 Å². The first-order chi connectivity index (χ1) is 9.27. The molecule has 5 heteroatoms. The zero-order valence-corrected chi connectivity index (χ0v) is 11.5. The van der Waals surface area contributed by atoms with Gasteiger partial charge in [0.05, 0.1) is 0 Å². The monoisotopic (exact) mass is 268 g/mol. The maximum absolute atomic E-state index is 11.8.